The van der Waals surface area contributed by atoms with Gasteiger partial charge in [0.25, 0.3) is 0 Å². The van der Waals surface area contributed by atoms with Crippen molar-refractivity contribution < 1.29 is 14.3 Å². The van der Waals surface area contributed by atoms with Gasteiger partial charge >= 0.3 is 5.97 Å². The molecule has 0 amide bonds. The number of hydrogen-bond acceptors (Lipinski definition) is 3. The predicted molar refractivity (Wildman–Crippen MR) is 50.3 cm³/mol. The van der Waals surface area contributed by atoms with Crippen molar-refractivity contribution in [1.82, 2.24) is 0 Å². The van der Waals surface area contributed by atoms with Crippen LogP contribution in [0.1, 0.15) is 39.0 Å². The van der Waals surface area contributed by atoms with Crippen LogP contribution in [0.2, 0.25) is 0 Å². The molecule has 0 aromatic heterocycles. The summed E-state index contributed by atoms with van der Waals surface area (Å²) in [6.45, 7) is 2.04. The third-order valence-corrected chi connectivity index (χ3v) is 2.05. The summed E-state index contributed by atoms with van der Waals surface area (Å²) in [5.74, 6) is -0.164. The third kappa shape index (κ3) is 5.39. The Morgan fingerprint density at radius 2 is 2.15 bits per heavy atom. The van der Waals surface area contributed by atoms with Gasteiger partial charge in [0.1, 0.15) is 6.29 Å². The maximum Gasteiger partial charge on any atom is 0.308 e. The first-order valence-electron chi connectivity index (χ1n) is 4.77. The largest absolute Gasteiger partial charge is 0.469 e. The van der Waals surface area contributed by atoms with Gasteiger partial charge in [-0.15, -0.1) is 0 Å². The van der Waals surface area contributed by atoms with Gasteiger partial charge in [0.15, 0.2) is 0 Å². The zero-order valence-electron chi connectivity index (χ0n) is 8.41. The molecule has 1 unspecified atom stereocenters. The molecule has 0 saturated carbocycles. The summed E-state index contributed by atoms with van der Waals surface area (Å²) >= 11 is 0. The summed E-state index contributed by atoms with van der Waals surface area (Å²) in [6.07, 6.45) is 4.80. The van der Waals surface area contributed by atoms with Crippen LogP contribution >= 0.6 is 0 Å². The van der Waals surface area contributed by atoms with Gasteiger partial charge in [-0.3, -0.25) is 4.79 Å². The van der Waals surface area contributed by atoms with Crippen LogP contribution in [0.15, 0.2) is 0 Å². The Hall–Kier alpha value is -0.860. The standard InChI is InChI=1S/C10H18O3/c1-3-6-9(10(12)13-2)7-4-5-8-11/h8-9H,3-7H2,1-2H3. The van der Waals surface area contributed by atoms with Crippen molar-refractivity contribution in [2.45, 2.75) is 39.0 Å². The second-order valence-corrected chi connectivity index (χ2v) is 3.11. The number of esters is 1. The summed E-state index contributed by atoms with van der Waals surface area (Å²) in [4.78, 5) is 21.3. The minimum atomic E-state index is -0.146. The van der Waals surface area contributed by atoms with E-state index < -0.39 is 0 Å². The van der Waals surface area contributed by atoms with Crippen LogP contribution in [0.25, 0.3) is 0 Å². The Bertz CT molecular complexity index is 154. The molecule has 0 N–H and O–H groups in total. The molecule has 1 atom stereocenters. The lowest BCUT2D eigenvalue weighted by molar-refractivity contribution is -0.146. The molecule has 0 aliphatic rings. The fourth-order valence-electron chi connectivity index (χ4n) is 1.34. The number of hydrogen-bond donors (Lipinski definition) is 0. The summed E-state index contributed by atoms with van der Waals surface area (Å²) in [6, 6.07) is 0. The van der Waals surface area contributed by atoms with Crippen molar-refractivity contribution in [2.24, 2.45) is 5.92 Å². The van der Waals surface area contributed by atoms with Crippen LogP contribution in [0.3, 0.4) is 0 Å². The van der Waals surface area contributed by atoms with Crippen LogP contribution in [-0.2, 0) is 14.3 Å². The highest BCUT2D eigenvalue weighted by atomic mass is 16.5. The number of unbranched alkanes of at least 4 members (excludes halogenated alkanes) is 1. The number of carbonyl (C=O) groups is 2. The third-order valence-electron chi connectivity index (χ3n) is 2.05. The van der Waals surface area contributed by atoms with Crippen molar-refractivity contribution in [3.8, 4) is 0 Å². The zero-order valence-corrected chi connectivity index (χ0v) is 8.41. The average Bonchev–Trinajstić information content (AvgIpc) is 2.16. The maximum atomic E-state index is 11.2. The molecular formula is C10H18O3. The molecular weight excluding hydrogens is 168 g/mol. The minimum Gasteiger partial charge on any atom is -0.469 e. The molecule has 0 aliphatic carbocycles. The molecule has 0 saturated heterocycles. The second kappa shape index (κ2) is 7.77. The monoisotopic (exact) mass is 186 g/mol. The molecule has 3 heteroatoms. The highest BCUT2D eigenvalue weighted by Crippen LogP contribution is 2.15. The van der Waals surface area contributed by atoms with Gasteiger partial charge in [-0.1, -0.05) is 13.3 Å². The number of carbonyl (C=O) groups excluding carboxylic acids is 2. The fraction of sp³-hybridized carbons (Fsp3) is 0.800. The molecule has 76 valence electrons. The first kappa shape index (κ1) is 12.1. The van der Waals surface area contributed by atoms with Crippen molar-refractivity contribution in [2.75, 3.05) is 7.11 Å². The second-order valence-electron chi connectivity index (χ2n) is 3.11. The maximum absolute atomic E-state index is 11.2. The first-order chi connectivity index (χ1) is 6.26. The van der Waals surface area contributed by atoms with Crippen molar-refractivity contribution in [3.63, 3.8) is 0 Å². The molecule has 3 nitrogen and oxygen atoms in total. The lowest BCUT2D eigenvalue weighted by Gasteiger charge is -2.12. The summed E-state index contributed by atoms with van der Waals surface area (Å²) in [5.41, 5.74) is 0. The van der Waals surface area contributed by atoms with Crippen LogP contribution < -0.4 is 0 Å². The average molecular weight is 186 g/mol. The van der Waals surface area contributed by atoms with Crippen LogP contribution in [-0.4, -0.2) is 19.4 Å². The minimum absolute atomic E-state index is 0.0186. The van der Waals surface area contributed by atoms with E-state index in [9.17, 15) is 9.59 Å². The van der Waals surface area contributed by atoms with Crippen LogP contribution in [0.4, 0.5) is 0 Å². The predicted octanol–water partition coefficient (Wildman–Crippen LogP) is 1.94. The van der Waals surface area contributed by atoms with E-state index in [1.54, 1.807) is 0 Å². The van der Waals surface area contributed by atoms with E-state index in [1.807, 2.05) is 6.92 Å². The van der Waals surface area contributed by atoms with Gasteiger partial charge in [-0.2, -0.15) is 0 Å². The Morgan fingerprint density at radius 3 is 2.62 bits per heavy atom. The highest BCUT2D eigenvalue weighted by Gasteiger charge is 2.16. The van der Waals surface area contributed by atoms with Crippen molar-refractivity contribution >= 4 is 12.3 Å². The van der Waals surface area contributed by atoms with E-state index >= 15 is 0 Å². The summed E-state index contributed by atoms with van der Waals surface area (Å²) in [5, 5.41) is 0. The molecule has 0 heterocycles. The number of methoxy groups -OCH3 is 1. The van der Waals surface area contributed by atoms with Crippen LogP contribution in [0, 0.1) is 5.92 Å². The van der Waals surface area contributed by atoms with Gasteiger partial charge in [-0.25, -0.2) is 0 Å². The Kier molecular flexibility index (Phi) is 7.26. The van der Waals surface area contributed by atoms with E-state index in [0.29, 0.717) is 6.42 Å². The van der Waals surface area contributed by atoms with Crippen LogP contribution in [0.5, 0.6) is 0 Å². The molecule has 0 radical (unpaired) electrons. The number of aldehydes is 1. The van der Waals surface area contributed by atoms with E-state index in [2.05, 4.69) is 4.74 Å². The molecule has 0 rings (SSSR count). The quantitative estimate of drug-likeness (QED) is 0.347. The molecule has 0 aromatic carbocycles. The lowest BCUT2D eigenvalue weighted by Crippen LogP contribution is -2.16. The van der Waals surface area contributed by atoms with Gasteiger partial charge < -0.3 is 9.53 Å². The van der Waals surface area contributed by atoms with Crippen molar-refractivity contribution in [1.29, 1.82) is 0 Å². The molecule has 0 aromatic rings. The van der Waals surface area contributed by atoms with Gasteiger partial charge in [0.2, 0.25) is 0 Å². The highest BCUT2D eigenvalue weighted by molar-refractivity contribution is 5.72. The zero-order chi connectivity index (χ0) is 10.1. The van der Waals surface area contributed by atoms with E-state index in [4.69, 9.17) is 0 Å². The van der Waals surface area contributed by atoms with Gasteiger partial charge in [0.05, 0.1) is 13.0 Å². The Morgan fingerprint density at radius 1 is 1.46 bits per heavy atom. The van der Waals surface area contributed by atoms with E-state index in [1.165, 1.54) is 7.11 Å². The van der Waals surface area contributed by atoms with E-state index in [-0.39, 0.29) is 11.9 Å². The van der Waals surface area contributed by atoms with Crippen molar-refractivity contribution in [3.05, 3.63) is 0 Å². The van der Waals surface area contributed by atoms with Gasteiger partial charge in [0, 0.05) is 6.42 Å². The Balaban J connectivity index is 3.79. The number of rotatable bonds is 7. The lowest BCUT2D eigenvalue weighted by atomic mass is 9.97. The van der Waals surface area contributed by atoms with Gasteiger partial charge in [-0.05, 0) is 19.3 Å². The normalized spacial score (nSPS) is 12.2. The number of ether oxygens (including phenoxy) is 1. The van der Waals surface area contributed by atoms with E-state index in [0.717, 1.165) is 32.0 Å². The summed E-state index contributed by atoms with van der Waals surface area (Å²) in [7, 11) is 1.41. The molecule has 0 fully saturated rings. The summed E-state index contributed by atoms with van der Waals surface area (Å²) < 4.78 is 4.67. The molecule has 0 bridgehead atoms. The SMILES string of the molecule is CCCC(CCCC=O)C(=O)OC. The molecule has 0 aliphatic heterocycles. The molecule has 13 heavy (non-hydrogen) atoms. The fourth-order valence-corrected chi connectivity index (χ4v) is 1.34. The molecule has 0 spiro atoms. The Labute approximate surface area is 79.5 Å². The topological polar surface area (TPSA) is 43.4 Å². The first-order valence-corrected chi connectivity index (χ1v) is 4.77. The smallest absolute Gasteiger partial charge is 0.308 e.